The van der Waals surface area contributed by atoms with Crippen molar-refractivity contribution in [1.82, 2.24) is 10.3 Å². The lowest BCUT2D eigenvalue weighted by atomic mass is 10.0. The number of nitrogens with one attached hydrogen (secondary N) is 1. The van der Waals surface area contributed by atoms with Gasteiger partial charge in [0, 0.05) is 18.2 Å². The standard InChI is InChI=1S/C19H18N2O2/c1-3-6-17(22)21-12-15-11-14-8-4-9-16(19(14)23-15)18-13(2)7-5-10-20-18/h4-5,7-10,15H,11-12H2,1-2H3,(H,21,22). The Kier molecular flexibility index (Phi) is 4.29. The van der Waals surface area contributed by atoms with Crippen molar-refractivity contribution in [3.05, 3.63) is 47.7 Å². The molecule has 0 aliphatic carbocycles. The first kappa shape index (κ1) is 15.1. The van der Waals surface area contributed by atoms with Crippen LogP contribution in [0.1, 0.15) is 18.1 Å². The maximum absolute atomic E-state index is 11.5. The fourth-order valence-corrected chi connectivity index (χ4v) is 2.77. The molecule has 0 saturated carbocycles. The number of amides is 1. The second kappa shape index (κ2) is 6.53. The van der Waals surface area contributed by atoms with Crippen molar-refractivity contribution in [2.45, 2.75) is 26.4 Å². The van der Waals surface area contributed by atoms with Crippen LogP contribution in [0.5, 0.6) is 5.75 Å². The molecular formula is C19H18N2O2. The summed E-state index contributed by atoms with van der Waals surface area (Å²) in [6.45, 7) is 4.13. The molecule has 116 valence electrons. The molecule has 1 atom stereocenters. The average molecular weight is 306 g/mol. The molecular weight excluding hydrogens is 288 g/mol. The number of fused-ring (bicyclic) bond motifs is 1. The predicted molar refractivity (Wildman–Crippen MR) is 89.0 cm³/mol. The Morgan fingerprint density at radius 1 is 1.39 bits per heavy atom. The Balaban J connectivity index is 1.80. The van der Waals surface area contributed by atoms with Gasteiger partial charge in [-0.1, -0.05) is 24.1 Å². The SMILES string of the molecule is CC#CC(=O)NCC1Cc2cccc(-c3ncccc3C)c2O1. The van der Waals surface area contributed by atoms with Gasteiger partial charge in [-0.3, -0.25) is 9.78 Å². The zero-order valence-corrected chi connectivity index (χ0v) is 13.2. The van der Waals surface area contributed by atoms with Crippen molar-refractivity contribution in [2.24, 2.45) is 0 Å². The zero-order chi connectivity index (χ0) is 16.2. The minimum Gasteiger partial charge on any atom is -0.487 e. The molecule has 2 aromatic rings. The van der Waals surface area contributed by atoms with Gasteiger partial charge in [-0.2, -0.15) is 0 Å². The Morgan fingerprint density at radius 3 is 3.04 bits per heavy atom. The van der Waals surface area contributed by atoms with Crippen molar-refractivity contribution >= 4 is 5.91 Å². The molecule has 0 spiro atoms. The van der Waals surface area contributed by atoms with Gasteiger partial charge in [-0.15, -0.1) is 0 Å². The average Bonchev–Trinajstić information content (AvgIpc) is 2.97. The summed E-state index contributed by atoms with van der Waals surface area (Å²) in [7, 11) is 0. The van der Waals surface area contributed by atoms with Crippen LogP contribution in [0, 0.1) is 18.8 Å². The van der Waals surface area contributed by atoms with E-state index in [0.717, 1.165) is 34.6 Å². The molecule has 3 rings (SSSR count). The number of aromatic nitrogens is 1. The lowest BCUT2D eigenvalue weighted by Gasteiger charge is -2.13. The molecule has 1 aromatic heterocycles. The van der Waals surface area contributed by atoms with Crippen LogP contribution in [0.4, 0.5) is 0 Å². The summed E-state index contributed by atoms with van der Waals surface area (Å²) in [5.74, 6) is 5.66. The summed E-state index contributed by atoms with van der Waals surface area (Å²) >= 11 is 0. The van der Waals surface area contributed by atoms with Crippen LogP contribution >= 0.6 is 0 Å². The van der Waals surface area contributed by atoms with Crippen LogP contribution in [0.25, 0.3) is 11.3 Å². The maximum Gasteiger partial charge on any atom is 0.296 e. The van der Waals surface area contributed by atoms with Gasteiger partial charge in [0.25, 0.3) is 5.91 Å². The smallest absolute Gasteiger partial charge is 0.296 e. The van der Waals surface area contributed by atoms with Gasteiger partial charge < -0.3 is 10.1 Å². The Bertz CT molecular complexity index is 803. The van der Waals surface area contributed by atoms with E-state index in [4.69, 9.17) is 4.74 Å². The molecule has 2 heterocycles. The molecule has 1 aliphatic rings. The number of hydrogen-bond donors (Lipinski definition) is 1. The van der Waals surface area contributed by atoms with Gasteiger partial charge in [0.2, 0.25) is 0 Å². The van der Waals surface area contributed by atoms with E-state index in [2.05, 4.69) is 28.2 Å². The maximum atomic E-state index is 11.5. The van der Waals surface area contributed by atoms with Gasteiger partial charge in [0.1, 0.15) is 11.9 Å². The minimum absolute atomic E-state index is 0.0715. The zero-order valence-electron chi connectivity index (χ0n) is 13.2. The third-order valence-electron chi connectivity index (χ3n) is 3.82. The summed E-state index contributed by atoms with van der Waals surface area (Å²) in [6, 6.07) is 10.1. The number of benzene rings is 1. The fraction of sp³-hybridized carbons (Fsp3) is 0.263. The number of pyridine rings is 1. The van der Waals surface area contributed by atoms with Crippen molar-refractivity contribution < 1.29 is 9.53 Å². The van der Waals surface area contributed by atoms with Crippen molar-refractivity contribution in [1.29, 1.82) is 0 Å². The summed E-state index contributed by atoms with van der Waals surface area (Å²) in [6.07, 6.45) is 2.49. The first-order chi connectivity index (χ1) is 11.2. The fourth-order valence-electron chi connectivity index (χ4n) is 2.77. The van der Waals surface area contributed by atoms with E-state index in [0.29, 0.717) is 6.54 Å². The highest BCUT2D eigenvalue weighted by atomic mass is 16.5. The first-order valence-electron chi connectivity index (χ1n) is 7.60. The van der Waals surface area contributed by atoms with Gasteiger partial charge in [0.15, 0.2) is 0 Å². The molecule has 0 bridgehead atoms. The topological polar surface area (TPSA) is 51.2 Å². The second-order valence-corrected chi connectivity index (χ2v) is 5.49. The molecule has 0 saturated heterocycles. The van der Waals surface area contributed by atoms with Crippen LogP contribution in [-0.2, 0) is 11.2 Å². The van der Waals surface area contributed by atoms with Gasteiger partial charge in [0.05, 0.1) is 12.2 Å². The second-order valence-electron chi connectivity index (χ2n) is 5.49. The molecule has 23 heavy (non-hydrogen) atoms. The number of carbonyl (C=O) groups excluding carboxylic acids is 1. The summed E-state index contributed by atoms with van der Waals surface area (Å²) in [5.41, 5.74) is 4.20. The summed E-state index contributed by atoms with van der Waals surface area (Å²) in [4.78, 5) is 15.9. The largest absolute Gasteiger partial charge is 0.487 e. The van der Waals surface area contributed by atoms with Crippen molar-refractivity contribution in [2.75, 3.05) is 6.54 Å². The number of rotatable bonds is 3. The Labute approximate surface area is 135 Å². The normalized spacial score (nSPS) is 15.1. The van der Waals surface area contributed by atoms with Crippen LogP contribution < -0.4 is 10.1 Å². The monoisotopic (exact) mass is 306 g/mol. The van der Waals surface area contributed by atoms with E-state index < -0.39 is 0 Å². The van der Waals surface area contributed by atoms with Crippen LogP contribution in [0.2, 0.25) is 0 Å². The summed E-state index contributed by atoms with van der Waals surface area (Å²) in [5, 5.41) is 2.78. The molecule has 0 radical (unpaired) electrons. The van der Waals surface area contributed by atoms with Crippen LogP contribution in [0.15, 0.2) is 36.5 Å². The van der Waals surface area contributed by atoms with E-state index in [9.17, 15) is 4.79 Å². The third kappa shape index (κ3) is 3.19. The number of nitrogens with zero attached hydrogens (tertiary/aromatic N) is 1. The molecule has 1 aliphatic heterocycles. The van der Waals surface area contributed by atoms with E-state index in [-0.39, 0.29) is 12.0 Å². The third-order valence-corrected chi connectivity index (χ3v) is 3.82. The van der Waals surface area contributed by atoms with E-state index >= 15 is 0 Å². The lowest BCUT2D eigenvalue weighted by molar-refractivity contribution is -0.116. The Hall–Kier alpha value is -2.80. The predicted octanol–water partition coefficient (Wildman–Crippen LogP) is 2.50. The minimum atomic E-state index is -0.271. The first-order valence-corrected chi connectivity index (χ1v) is 7.60. The van der Waals surface area contributed by atoms with Gasteiger partial charge in [-0.25, -0.2) is 0 Å². The molecule has 1 aromatic carbocycles. The van der Waals surface area contributed by atoms with Gasteiger partial charge in [-0.05, 0) is 43.0 Å². The number of aryl methyl sites for hydroxylation is 1. The Morgan fingerprint density at radius 2 is 2.26 bits per heavy atom. The van der Waals surface area contributed by atoms with E-state index in [1.165, 1.54) is 0 Å². The van der Waals surface area contributed by atoms with Crippen molar-refractivity contribution in [3.63, 3.8) is 0 Å². The lowest BCUT2D eigenvalue weighted by Crippen LogP contribution is -2.33. The van der Waals surface area contributed by atoms with Crippen LogP contribution in [-0.4, -0.2) is 23.5 Å². The molecule has 0 fully saturated rings. The molecule has 1 amide bonds. The highest BCUT2D eigenvalue weighted by Gasteiger charge is 2.26. The van der Waals surface area contributed by atoms with E-state index in [1.54, 1.807) is 13.1 Å². The van der Waals surface area contributed by atoms with E-state index in [1.807, 2.05) is 31.2 Å². The number of hydrogen-bond acceptors (Lipinski definition) is 3. The van der Waals surface area contributed by atoms with Crippen LogP contribution in [0.3, 0.4) is 0 Å². The molecule has 4 heteroatoms. The number of carbonyl (C=O) groups is 1. The summed E-state index contributed by atoms with van der Waals surface area (Å²) < 4.78 is 6.07. The van der Waals surface area contributed by atoms with Crippen molar-refractivity contribution in [3.8, 4) is 28.8 Å². The number of ether oxygens (including phenoxy) is 1. The quantitative estimate of drug-likeness (QED) is 0.887. The molecule has 1 unspecified atom stereocenters. The van der Waals surface area contributed by atoms with Gasteiger partial charge >= 0.3 is 0 Å². The molecule has 4 nitrogen and oxygen atoms in total. The highest BCUT2D eigenvalue weighted by Crippen LogP contribution is 2.38. The number of para-hydroxylation sites is 1. The highest BCUT2D eigenvalue weighted by molar-refractivity contribution is 5.93. The molecule has 1 N–H and O–H groups in total.